The Morgan fingerprint density at radius 3 is 2.18 bits per heavy atom. The minimum atomic E-state index is -0.902. The van der Waals surface area contributed by atoms with E-state index in [9.17, 15) is 19.5 Å². The van der Waals surface area contributed by atoms with Gasteiger partial charge in [-0.05, 0) is 48.9 Å². The number of carbonyl (C=O) groups is 3. The van der Waals surface area contributed by atoms with Gasteiger partial charge in [-0.2, -0.15) is 0 Å². The Bertz CT molecular complexity index is 1290. The van der Waals surface area contributed by atoms with Crippen molar-refractivity contribution in [3.05, 3.63) is 101 Å². The lowest BCUT2D eigenvalue weighted by molar-refractivity contribution is -0.132. The number of aliphatic hydroxyl groups excluding tert-OH is 1. The van der Waals surface area contributed by atoms with Crippen molar-refractivity contribution in [2.75, 3.05) is 19.1 Å². The molecule has 1 atom stereocenters. The molecule has 0 bridgehead atoms. The first-order valence-corrected chi connectivity index (χ1v) is 10.6. The van der Waals surface area contributed by atoms with Crippen LogP contribution in [-0.2, 0) is 14.3 Å². The molecule has 3 aromatic rings. The number of ether oxygens (including phenoxy) is 2. The van der Waals surface area contributed by atoms with Gasteiger partial charge in [-0.15, -0.1) is 0 Å². The first kappa shape index (κ1) is 22.8. The van der Waals surface area contributed by atoms with E-state index in [0.29, 0.717) is 28.1 Å². The molecule has 1 N–H and O–H groups in total. The van der Waals surface area contributed by atoms with E-state index in [1.54, 1.807) is 48.5 Å². The van der Waals surface area contributed by atoms with Crippen LogP contribution in [0.1, 0.15) is 33.1 Å². The molecular weight excluding hydrogens is 434 g/mol. The van der Waals surface area contributed by atoms with E-state index in [4.69, 9.17) is 9.47 Å². The highest BCUT2D eigenvalue weighted by atomic mass is 16.5. The number of ketones is 1. The quantitative estimate of drug-likeness (QED) is 0.264. The predicted molar refractivity (Wildman–Crippen MR) is 127 cm³/mol. The van der Waals surface area contributed by atoms with Gasteiger partial charge in [0.15, 0.2) is 0 Å². The molecule has 1 amide bonds. The second-order valence-corrected chi connectivity index (χ2v) is 7.85. The van der Waals surface area contributed by atoms with Gasteiger partial charge in [0.25, 0.3) is 11.7 Å². The Morgan fingerprint density at radius 2 is 1.56 bits per heavy atom. The Kier molecular flexibility index (Phi) is 6.19. The predicted octanol–water partition coefficient (Wildman–Crippen LogP) is 4.42. The summed E-state index contributed by atoms with van der Waals surface area (Å²) in [7, 11) is 2.80. The summed E-state index contributed by atoms with van der Waals surface area (Å²) in [6, 6.07) is 19.3. The number of methoxy groups -OCH3 is 2. The SMILES string of the molecule is COC(=O)c1ccc(N2C(=O)C(=O)/C(=C(/O)c3ccc(C)cc3)C2c2cccc(OC)c2)cc1. The molecule has 7 nitrogen and oxygen atoms in total. The van der Waals surface area contributed by atoms with Crippen molar-refractivity contribution in [1.29, 1.82) is 0 Å². The molecule has 1 unspecified atom stereocenters. The zero-order valence-corrected chi connectivity index (χ0v) is 18.9. The van der Waals surface area contributed by atoms with Crippen LogP contribution < -0.4 is 9.64 Å². The number of anilines is 1. The topological polar surface area (TPSA) is 93.1 Å². The first-order chi connectivity index (χ1) is 16.3. The molecule has 0 radical (unpaired) electrons. The Morgan fingerprint density at radius 1 is 0.912 bits per heavy atom. The number of hydrogen-bond donors (Lipinski definition) is 1. The van der Waals surface area contributed by atoms with Crippen LogP contribution in [-0.4, -0.2) is 37.0 Å². The fourth-order valence-corrected chi connectivity index (χ4v) is 3.97. The molecule has 172 valence electrons. The van der Waals surface area contributed by atoms with Crippen molar-refractivity contribution in [3.8, 4) is 5.75 Å². The van der Waals surface area contributed by atoms with E-state index in [1.807, 2.05) is 19.1 Å². The average molecular weight is 457 g/mol. The number of benzene rings is 3. The summed E-state index contributed by atoms with van der Waals surface area (Å²) >= 11 is 0. The molecule has 1 aliphatic rings. The van der Waals surface area contributed by atoms with E-state index in [2.05, 4.69) is 0 Å². The smallest absolute Gasteiger partial charge is 0.337 e. The van der Waals surface area contributed by atoms with Gasteiger partial charge in [-0.3, -0.25) is 14.5 Å². The number of nitrogens with zero attached hydrogens (tertiary/aromatic N) is 1. The number of carbonyl (C=O) groups excluding carboxylic acids is 3. The molecule has 4 rings (SSSR count). The number of rotatable bonds is 5. The van der Waals surface area contributed by atoms with Crippen molar-refractivity contribution < 1.29 is 29.0 Å². The third-order valence-corrected chi connectivity index (χ3v) is 5.75. The van der Waals surface area contributed by atoms with Crippen LogP contribution in [0, 0.1) is 6.92 Å². The number of aliphatic hydroxyl groups is 1. The van der Waals surface area contributed by atoms with Crippen LogP contribution in [0.4, 0.5) is 5.69 Å². The number of esters is 1. The highest BCUT2D eigenvalue weighted by molar-refractivity contribution is 6.51. The Labute approximate surface area is 196 Å². The first-order valence-electron chi connectivity index (χ1n) is 10.6. The largest absolute Gasteiger partial charge is 0.507 e. The van der Waals surface area contributed by atoms with Gasteiger partial charge >= 0.3 is 5.97 Å². The summed E-state index contributed by atoms with van der Waals surface area (Å²) in [4.78, 5) is 39.6. The van der Waals surface area contributed by atoms with Crippen molar-refractivity contribution in [2.24, 2.45) is 0 Å². The molecule has 7 heteroatoms. The summed E-state index contributed by atoms with van der Waals surface area (Å²) in [5.74, 6) is -1.83. The van der Waals surface area contributed by atoms with E-state index >= 15 is 0 Å². The van der Waals surface area contributed by atoms with Crippen molar-refractivity contribution in [1.82, 2.24) is 0 Å². The van der Waals surface area contributed by atoms with Crippen molar-refractivity contribution in [3.63, 3.8) is 0 Å². The van der Waals surface area contributed by atoms with Crippen LogP contribution in [0.25, 0.3) is 5.76 Å². The van der Waals surface area contributed by atoms with E-state index in [-0.39, 0.29) is 11.3 Å². The molecule has 1 aliphatic heterocycles. The zero-order chi connectivity index (χ0) is 24.4. The van der Waals surface area contributed by atoms with Gasteiger partial charge in [-0.25, -0.2) is 4.79 Å². The molecule has 34 heavy (non-hydrogen) atoms. The average Bonchev–Trinajstić information content (AvgIpc) is 3.14. The highest BCUT2D eigenvalue weighted by Gasteiger charge is 2.47. The molecule has 1 heterocycles. The number of aryl methyl sites for hydroxylation is 1. The van der Waals surface area contributed by atoms with E-state index in [1.165, 1.54) is 31.3 Å². The fraction of sp³-hybridized carbons (Fsp3) is 0.148. The van der Waals surface area contributed by atoms with Crippen LogP contribution in [0.2, 0.25) is 0 Å². The zero-order valence-electron chi connectivity index (χ0n) is 18.9. The van der Waals surface area contributed by atoms with Gasteiger partial charge in [0.2, 0.25) is 0 Å². The maximum Gasteiger partial charge on any atom is 0.337 e. The van der Waals surface area contributed by atoms with Crippen LogP contribution in [0.3, 0.4) is 0 Å². The molecule has 3 aromatic carbocycles. The second kappa shape index (κ2) is 9.23. The molecule has 0 aliphatic carbocycles. The lowest BCUT2D eigenvalue weighted by Gasteiger charge is -2.26. The minimum Gasteiger partial charge on any atom is -0.507 e. The third-order valence-electron chi connectivity index (χ3n) is 5.75. The van der Waals surface area contributed by atoms with Gasteiger partial charge in [0, 0.05) is 11.3 Å². The summed E-state index contributed by atoms with van der Waals surface area (Å²) in [5, 5.41) is 11.2. The van der Waals surface area contributed by atoms with Crippen LogP contribution in [0.5, 0.6) is 5.75 Å². The van der Waals surface area contributed by atoms with Crippen LogP contribution in [0.15, 0.2) is 78.4 Å². The number of hydrogen-bond acceptors (Lipinski definition) is 6. The normalized spacial score (nSPS) is 17.0. The van der Waals surface area contributed by atoms with Gasteiger partial charge < -0.3 is 14.6 Å². The molecule has 0 saturated carbocycles. The maximum absolute atomic E-state index is 13.2. The van der Waals surface area contributed by atoms with Crippen molar-refractivity contribution >= 4 is 29.1 Å². The lowest BCUT2D eigenvalue weighted by atomic mass is 9.94. The number of Topliss-reactive ketones (excluding diaryl/α,β-unsaturated/α-hetero) is 1. The van der Waals surface area contributed by atoms with E-state index in [0.717, 1.165) is 5.56 Å². The molecule has 0 spiro atoms. The maximum atomic E-state index is 13.2. The highest BCUT2D eigenvalue weighted by Crippen LogP contribution is 2.42. The van der Waals surface area contributed by atoms with E-state index < -0.39 is 23.7 Å². The Hall–Kier alpha value is -4.39. The minimum absolute atomic E-state index is 0.0286. The molecular formula is C27H23NO6. The summed E-state index contributed by atoms with van der Waals surface area (Å²) in [5.41, 5.74) is 2.68. The monoisotopic (exact) mass is 457 g/mol. The van der Waals surface area contributed by atoms with Crippen molar-refractivity contribution in [2.45, 2.75) is 13.0 Å². The standard InChI is InChI=1S/C27H23NO6/c1-16-7-9-17(10-8-16)24(29)22-23(19-5-4-6-21(15-19)33-2)28(26(31)25(22)30)20-13-11-18(12-14-20)27(32)34-3/h4-15,23,29H,1-3H3/b24-22+. The fourth-order valence-electron chi connectivity index (χ4n) is 3.97. The van der Waals surface area contributed by atoms with Crippen LogP contribution >= 0.6 is 0 Å². The lowest BCUT2D eigenvalue weighted by Crippen LogP contribution is -2.29. The molecule has 1 fully saturated rings. The molecule has 0 aromatic heterocycles. The van der Waals surface area contributed by atoms with Gasteiger partial charge in [-0.1, -0.05) is 42.0 Å². The Balaban J connectivity index is 1.90. The molecule has 1 saturated heterocycles. The van der Waals surface area contributed by atoms with Gasteiger partial charge in [0.1, 0.15) is 11.5 Å². The second-order valence-electron chi connectivity index (χ2n) is 7.85. The summed E-state index contributed by atoms with van der Waals surface area (Å²) < 4.78 is 10.1. The third kappa shape index (κ3) is 4.03. The van der Waals surface area contributed by atoms with Gasteiger partial charge in [0.05, 0.1) is 31.4 Å². The summed E-state index contributed by atoms with van der Waals surface area (Å²) in [6.07, 6.45) is 0. The number of amides is 1. The summed E-state index contributed by atoms with van der Waals surface area (Å²) in [6.45, 7) is 1.91.